The Morgan fingerprint density at radius 3 is 2.52 bits per heavy atom. The Labute approximate surface area is 180 Å². The number of aromatic nitrogens is 2. The van der Waals surface area contributed by atoms with Crippen molar-refractivity contribution in [3.8, 4) is 17.2 Å². The summed E-state index contributed by atoms with van der Waals surface area (Å²) in [7, 11) is 0. The molecule has 2 aromatic carbocycles. The number of ether oxygens (including phenoxy) is 1. The standard InChI is InChI=1S/C25H23N3O3/c1-17-5-11-22(12-6-17)30-16-23-18(2)31-25(28-23)21-9-7-20(8-10-21)24(29)27-15-19-4-3-13-26-14-19/h3-14H,15-16H2,1-2H3,(H,27,29). The van der Waals surface area contributed by atoms with Crippen molar-refractivity contribution < 1.29 is 13.9 Å². The van der Waals surface area contributed by atoms with Crippen LogP contribution in [0.3, 0.4) is 0 Å². The van der Waals surface area contributed by atoms with Gasteiger partial charge in [-0.15, -0.1) is 0 Å². The fourth-order valence-electron chi connectivity index (χ4n) is 3.02. The van der Waals surface area contributed by atoms with Gasteiger partial charge in [0.1, 0.15) is 23.8 Å². The van der Waals surface area contributed by atoms with Crippen LogP contribution in [0.2, 0.25) is 0 Å². The minimum atomic E-state index is -0.147. The zero-order valence-electron chi connectivity index (χ0n) is 17.5. The Morgan fingerprint density at radius 1 is 1.03 bits per heavy atom. The average Bonchev–Trinajstić information content (AvgIpc) is 3.18. The number of nitrogens with zero attached hydrogens (tertiary/aromatic N) is 2. The summed E-state index contributed by atoms with van der Waals surface area (Å²) in [6.45, 7) is 4.66. The predicted molar refractivity (Wildman–Crippen MR) is 118 cm³/mol. The highest BCUT2D eigenvalue weighted by Gasteiger charge is 2.13. The number of pyridine rings is 1. The van der Waals surface area contributed by atoms with Gasteiger partial charge in [0.25, 0.3) is 5.91 Å². The Balaban J connectivity index is 1.38. The van der Waals surface area contributed by atoms with Crippen LogP contribution in [0.5, 0.6) is 5.75 Å². The molecule has 6 nitrogen and oxygen atoms in total. The number of hydrogen-bond acceptors (Lipinski definition) is 5. The van der Waals surface area contributed by atoms with Crippen molar-refractivity contribution in [2.45, 2.75) is 27.0 Å². The van der Waals surface area contributed by atoms with E-state index in [1.165, 1.54) is 5.56 Å². The average molecular weight is 413 g/mol. The fraction of sp³-hybridized carbons (Fsp3) is 0.160. The Bertz CT molecular complexity index is 1150. The summed E-state index contributed by atoms with van der Waals surface area (Å²) in [5.74, 6) is 1.85. The molecule has 1 amide bonds. The molecule has 0 atom stereocenters. The molecule has 0 bridgehead atoms. The Hall–Kier alpha value is -3.93. The first kappa shape index (κ1) is 20.3. The molecule has 0 saturated carbocycles. The van der Waals surface area contributed by atoms with Gasteiger partial charge in [0.05, 0.1) is 0 Å². The van der Waals surface area contributed by atoms with E-state index in [4.69, 9.17) is 9.15 Å². The van der Waals surface area contributed by atoms with Gasteiger partial charge in [0.2, 0.25) is 5.89 Å². The second-order valence-electron chi connectivity index (χ2n) is 7.24. The van der Waals surface area contributed by atoms with Crippen LogP contribution in [0.1, 0.15) is 32.9 Å². The summed E-state index contributed by atoms with van der Waals surface area (Å²) in [5, 5.41) is 2.89. The third-order valence-electron chi connectivity index (χ3n) is 4.86. The number of aryl methyl sites for hydroxylation is 2. The highest BCUT2D eigenvalue weighted by atomic mass is 16.5. The first-order valence-corrected chi connectivity index (χ1v) is 10.0. The monoisotopic (exact) mass is 413 g/mol. The van der Waals surface area contributed by atoms with Crippen molar-refractivity contribution >= 4 is 5.91 Å². The lowest BCUT2D eigenvalue weighted by atomic mass is 10.1. The maximum absolute atomic E-state index is 12.4. The molecule has 6 heteroatoms. The molecule has 156 valence electrons. The van der Waals surface area contributed by atoms with E-state index in [0.29, 0.717) is 30.4 Å². The van der Waals surface area contributed by atoms with E-state index in [-0.39, 0.29) is 5.91 Å². The number of rotatable bonds is 7. The third-order valence-corrected chi connectivity index (χ3v) is 4.86. The molecule has 1 N–H and O–H groups in total. The van der Waals surface area contributed by atoms with E-state index in [0.717, 1.165) is 22.6 Å². The van der Waals surface area contributed by atoms with E-state index in [1.54, 1.807) is 24.5 Å². The van der Waals surface area contributed by atoms with Gasteiger partial charge in [0.15, 0.2) is 0 Å². The predicted octanol–water partition coefficient (Wildman–Crippen LogP) is 4.86. The summed E-state index contributed by atoms with van der Waals surface area (Å²) in [5.41, 5.74) is 4.24. The molecule has 0 saturated heterocycles. The van der Waals surface area contributed by atoms with E-state index in [1.807, 2.05) is 62.4 Å². The highest BCUT2D eigenvalue weighted by molar-refractivity contribution is 5.94. The molecule has 31 heavy (non-hydrogen) atoms. The smallest absolute Gasteiger partial charge is 0.251 e. The summed E-state index contributed by atoms with van der Waals surface area (Å²) in [6.07, 6.45) is 3.43. The zero-order chi connectivity index (χ0) is 21.6. The topological polar surface area (TPSA) is 77.2 Å². The third kappa shape index (κ3) is 5.17. The largest absolute Gasteiger partial charge is 0.487 e. The van der Waals surface area contributed by atoms with Gasteiger partial charge in [-0.2, -0.15) is 0 Å². The summed E-state index contributed by atoms with van der Waals surface area (Å²) in [6, 6.07) is 18.8. The van der Waals surface area contributed by atoms with Gasteiger partial charge >= 0.3 is 0 Å². The fourth-order valence-corrected chi connectivity index (χ4v) is 3.02. The van der Waals surface area contributed by atoms with Gasteiger partial charge in [-0.1, -0.05) is 23.8 Å². The van der Waals surface area contributed by atoms with Crippen LogP contribution < -0.4 is 10.1 Å². The van der Waals surface area contributed by atoms with Crippen molar-refractivity contribution in [1.82, 2.24) is 15.3 Å². The van der Waals surface area contributed by atoms with Crippen LogP contribution >= 0.6 is 0 Å². The molecule has 2 heterocycles. The van der Waals surface area contributed by atoms with Crippen LogP contribution in [0.15, 0.2) is 77.5 Å². The first-order valence-electron chi connectivity index (χ1n) is 10.0. The molecule has 0 spiro atoms. The number of oxazole rings is 1. The number of benzene rings is 2. The number of carbonyl (C=O) groups excluding carboxylic acids is 1. The van der Waals surface area contributed by atoms with E-state index in [9.17, 15) is 4.79 Å². The molecule has 4 aromatic rings. The maximum Gasteiger partial charge on any atom is 0.251 e. The Morgan fingerprint density at radius 2 is 1.81 bits per heavy atom. The van der Waals surface area contributed by atoms with Gasteiger partial charge < -0.3 is 14.5 Å². The van der Waals surface area contributed by atoms with E-state index < -0.39 is 0 Å². The van der Waals surface area contributed by atoms with Crippen LogP contribution in [0.4, 0.5) is 0 Å². The van der Waals surface area contributed by atoms with Crippen molar-refractivity contribution in [1.29, 1.82) is 0 Å². The zero-order valence-corrected chi connectivity index (χ0v) is 17.5. The van der Waals surface area contributed by atoms with Crippen molar-refractivity contribution in [2.24, 2.45) is 0 Å². The summed E-state index contributed by atoms with van der Waals surface area (Å²) < 4.78 is 11.6. The minimum Gasteiger partial charge on any atom is -0.487 e. The number of nitrogens with one attached hydrogen (secondary N) is 1. The van der Waals surface area contributed by atoms with Crippen LogP contribution in [0, 0.1) is 13.8 Å². The molecule has 0 fully saturated rings. The maximum atomic E-state index is 12.4. The normalized spacial score (nSPS) is 10.6. The molecular weight excluding hydrogens is 390 g/mol. The van der Waals surface area contributed by atoms with Crippen molar-refractivity contribution in [3.63, 3.8) is 0 Å². The molecule has 0 aliphatic carbocycles. The van der Waals surface area contributed by atoms with Crippen LogP contribution in [-0.4, -0.2) is 15.9 Å². The van der Waals surface area contributed by atoms with Gasteiger partial charge in [-0.25, -0.2) is 4.98 Å². The molecule has 4 rings (SSSR count). The minimum absolute atomic E-state index is 0.147. The lowest BCUT2D eigenvalue weighted by molar-refractivity contribution is 0.0951. The molecule has 0 aliphatic heterocycles. The first-order chi connectivity index (χ1) is 15.1. The molecular formula is C25H23N3O3. The molecule has 0 unspecified atom stereocenters. The number of hydrogen-bond donors (Lipinski definition) is 1. The molecule has 0 radical (unpaired) electrons. The van der Waals surface area contributed by atoms with Crippen molar-refractivity contribution in [3.05, 3.63) is 101 Å². The SMILES string of the molecule is Cc1ccc(OCc2nc(-c3ccc(C(=O)NCc4cccnc4)cc3)oc2C)cc1. The summed E-state index contributed by atoms with van der Waals surface area (Å²) in [4.78, 5) is 21.0. The second-order valence-corrected chi connectivity index (χ2v) is 7.24. The number of amides is 1. The molecule has 2 aromatic heterocycles. The van der Waals surface area contributed by atoms with Gasteiger partial charge in [-0.05, 0) is 61.9 Å². The molecule has 0 aliphatic rings. The van der Waals surface area contributed by atoms with Crippen LogP contribution in [-0.2, 0) is 13.2 Å². The lowest BCUT2D eigenvalue weighted by Gasteiger charge is -2.05. The summed E-state index contributed by atoms with van der Waals surface area (Å²) >= 11 is 0. The highest BCUT2D eigenvalue weighted by Crippen LogP contribution is 2.23. The quantitative estimate of drug-likeness (QED) is 0.468. The lowest BCUT2D eigenvalue weighted by Crippen LogP contribution is -2.22. The number of carbonyl (C=O) groups is 1. The van der Waals surface area contributed by atoms with Gasteiger partial charge in [0, 0.05) is 30.1 Å². The Kier molecular flexibility index (Phi) is 6.08. The second kappa shape index (κ2) is 9.26. The van der Waals surface area contributed by atoms with E-state index in [2.05, 4.69) is 15.3 Å². The van der Waals surface area contributed by atoms with E-state index >= 15 is 0 Å². The van der Waals surface area contributed by atoms with Crippen molar-refractivity contribution in [2.75, 3.05) is 0 Å². The van der Waals surface area contributed by atoms with Crippen LogP contribution in [0.25, 0.3) is 11.5 Å². The van der Waals surface area contributed by atoms with Gasteiger partial charge in [-0.3, -0.25) is 9.78 Å².